The molecule has 11 rings (SSSR count). The number of nitrogens with zero attached hydrogens (tertiary/aromatic N) is 2. The average molecular weight is 981 g/mol. The predicted molar refractivity (Wildman–Crippen MR) is 321 cm³/mol. The SMILES string of the molecule is CC(C)(C)c1cc(N2c3cc4c(cc3B3c5oc6cc7c(cc6c5N(c5cc(C(C)(C)C)cc(C(C)(C)C)c5)c5cc(-c6ccccc6)cc2c53)C(C)(C)CCC7(C)C)C(C)(C)CCC4(C)C)cc(C(C)(C)C)c1. The molecule has 0 saturated carbocycles. The zero-order valence-electron chi connectivity index (χ0n) is 49.0. The summed E-state index contributed by atoms with van der Waals surface area (Å²) in [5.74, 6) is 0. The third-order valence-electron chi connectivity index (χ3n) is 18.5. The van der Waals surface area contributed by atoms with Crippen molar-refractivity contribution in [3.8, 4) is 11.1 Å². The van der Waals surface area contributed by atoms with Crippen LogP contribution in [0.25, 0.3) is 22.1 Å². The van der Waals surface area contributed by atoms with Crippen LogP contribution in [0.3, 0.4) is 0 Å². The molecule has 0 bridgehead atoms. The third-order valence-corrected chi connectivity index (χ3v) is 18.5. The first-order chi connectivity index (χ1) is 34.2. The molecular formula is C70H85BN2O. The third kappa shape index (κ3) is 8.04. The van der Waals surface area contributed by atoms with E-state index in [2.05, 4.69) is 251 Å². The highest BCUT2D eigenvalue weighted by Crippen LogP contribution is 2.55. The van der Waals surface area contributed by atoms with Gasteiger partial charge in [-0.2, -0.15) is 0 Å². The number of fused-ring (bicyclic) bond motifs is 8. The van der Waals surface area contributed by atoms with Crippen molar-refractivity contribution in [1.29, 1.82) is 0 Å². The normalized spacial score (nSPS) is 18.4. The molecule has 1 aromatic heterocycles. The minimum absolute atomic E-state index is 0.000917. The molecule has 4 aliphatic rings. The van der Waals surface area contributed by atoms with E-state index >= 15 is 0 Å². The minimum atomic E-state index is -0.167. The first kappa shape index (κ1) is 50.7. The topological polar surface area (TPSA) is 19.6 Å². The molecule has 0 amide bonds. The summed E-state index contributed by atoms with van der Waals surface area (Å²) in [4.78, 5) is 5.36. The molecule has 0 radical (unpaired) electrons. The molecule has 0 saturated heterocycles. The number of benzene rings is 6. The van der Waals surface area contributed by atoms with Gasteiger partial charge in [-0.15, -0.1) is 0 Å². The maximum atomic E-state index is 7.83. The lowest BCUT2D eigenvalue weighted by Crippen LogP contribution is -2.61. The van der Waals surface area contributed by atoms with Crippen LogP contribution in [-0.2, 0) is 43.3 Å². The van der Waals surface area contributed by atoms with E-state index in [0.29, 0.717) is 0 Å². The van der Waals surface area contributed by atoms with Crippen LogP contribution in [0.4, 0.5) is 34.1 Å². The molecule has 74 heavy (non-hydrogen) atoms. The molecule has 0 spiro atoms. The van der Waals surface area contributed by atoms with Gasteiger partial charge in [-0.25, -0.2) is 0 Å². The Morgan fingerprint density at radius 1 is 0.419 bits per heavy atom. The van der Waals surface area contributed by atoms with Crippen LogP contribution < -0.4 is 26.4 Å². The summed E-state index contributed by atoms with van der Waals surface area (Å²) in [6.45, 7) is 48.0. The van der Waals surface area contributed by atoms with Crippen LogP contribution in [0.5, 0.6) is 0 Å². The summed E-state index contributed by atoms with van der Waals surface area (Å²) < 4.78 is 7.83. The van der Waals surface area contributed by atoms with Crippen molar-refractivity contribution in [2.75, 3.05) is 9.80 Å². The highest BCUT2D eigenvalue weighted by atomic mass is 16.3. The van der Waals surface area contributed by atoms with Gasteiger partial charge in [0.25, 0.3) is 6.71 Å². The molecule has 3 nitrogen and oxygen atoms in total. The quantitative estimate of drug-likeness (QED) is 0.165. The molecule has 3 heterocycles. The second kappa shape index (κ2) is 16.0. The second-order valence-electron chi connectivity index (χ2n) is 30.1. The van der Waals surface area contributed by atoms with Crippen LogP contribution in [0, 0.1) is 0 Å². The van der Waals surface area contributed by atoms with Crippen molar-refractivity contribution in [1.82, 2.24) is 0 Å². The highest BCUT2D eigenvalue weighted by molar-refractivity contribution is 7.00. The molecule has 384 valence electrons. The van der Waals surface area contributed by atoms with Gasteiger partial charge in [-0.1, -0.05) is 187 Å². The van der Waals surface area contributed by atoms with E-state index in [-0.39, 0.29) is 50.0 Å². The van der Waals surface area contributed by atoms with Gasteiger partial charge in [0.15, 0.2) is 0 Å². The van der Waals surface area contributed by atoms with Gasteiger partial charge >= 0.3 is 0 Å². The molecule has 4 heteroatoms. The van der Waals surface area contributed by atoms with E-state index in [4.69, 9.17) is 4.42 Å². The Labute approximate surface area is 446 Å². The Bertz CT molecular complexity index is 3370. The van der Waals surface area contributed by atoms with Crippen molar-refractivity contribution >= 4 is 68.4 Å². The maximum absolute atomic E-state index is 7.83. The summed E-state index contributed by atoms with van der Waals surface area (Å²) in [7, 11) is 0. The summed E-state index contributed by atoms with van der Waals surface area (Å²) in [6, 6.07) is 41.5. The lowest BCUT2D eigenvalue weighted by Gasteiger charge is -2.47. The monoisotopic (exact) mass is 981 g/mol. The van der Waals surface area contributed by atoms with Crippen molar-refractivity contribution < 1.29 is 4.42 Å². The Morgan fingerprint density at radius 2 is 0.824 bits per heavy atom. The van der Waals surface area contributed by atoms with Gasteiger partial charge in [0.2, 0.25) is 0 Å². The number of rotatable bonds is 3. The lowest BCUT2D eigenvalue weighted by atomic mass is 9.35. The summed E-state index contributed by atoms with van der Waals surface area (Å²) in [5, 5.41) is 1.21. The van der Waals surface area contributed by atoms with E-state index in [0.717, 1.165) is 36.9 Å². The van der Waals surface area contributed by atoms with Crippen LogP contribution in [-0.4, -0.2) is 6.71 Å². The van der Waals surface area contributed by atoms with Gasteiger partial charge in [0.1, 0.15) is 5.58 Å². The predicted octanol–water partition coefficient (Wildman–Crippen LogP) is 18.1. The van der Waals surface area contributed by atoms with Gasteiger partial charge in [0.05, 0.1) is 11.3 Å². The fraction of sp³-hybridized carbons (Fsp3) is 0.457. The molecule has 7 aromatic rings. The Kier molecular flexibility index (Phi) is 11.0. The Hall–Kier alpha value is -5.48. The zero-order chi connectivity index (χ0) is 53.4. The van der Waals surface area contributed by atoms with E-state index in [9.17, 15) is 0 Å². The lowest BCUT2D eigenvalue weighted by molar-refractivity contribution is 0.332. The van der Waals surface area contributed by atoms with Crippen molar-refractivity contribution in [3.05, 3.63) is 148 Å². The molecule has 0 atom stereocenters. The molecule has 0 N–H and O–H groups in total. The van der Waals surface area contributed by atoms with Gasteiger partial charge < -0.3 is 14.2 Å². The molecular weight excluding hydrogens is 896 g/mol. The van der Waals surface area contributed by atoms with Crippen molar-refractivity contribution in [2.24, 2.45) is 0 Å². The fourth-order valence-corrected chi connectivity index (χ4v) is 13.2. The summed E-state index contributed by atoms with van der Waals surface area (Å²) in [5.41, 5.74) is 25.3. The Morgan fingerprint density at radius 3 is 1.28 bits per heavy atom. The average Bonchev–Trinajstić information content (AvgIpc) is 3.68. The molecule has 2 aliphatic carbocycles. The van der Waals surface area contributed by atoms with Gasteiger partial charge in [0, 0.05) is 33.8 Å². The summed E-state index contributed by atoms with van der Waals surface area (Å²) >= 11 is 0. The molecule has 0 unspecified atom stereocenters. The van der Waals surface area contributed by atoms with Gasteiger partial charge in [-0.3, -0.25) is 0 Å². The fourth-order valence-electron chi connectivity index (χ4n) is 13.2. The zero-order valence-corrected chi connectivity index (χ0v) is 49.0. The smallest absolute Gasteiger partial charge is 0.297 e. The molecule has 0 fully saturated rings. The number of furan rings is 1. The van der Waals surface area contributed by atoms with Crippen molar-refractivity contribution in [3.63, 3.8) is 0 Å². The standard InChI is InChI=1S/C70H85BN2O/c1-63(2,3)44-32-45(64(4,5)6)35-48(34-44)72-56-40-53-52(68(15,16)27-28-69(53,17)18)39-55(56)71-60-57(72)30-43(42-24-22-21-23-25-42)31-58(60)73(49-36-46(65(7,8)9)33-47(37-49)66(10,11)12)61-50-38-51-54(41-59(50)74-62(61)71)70(19,20)29-26-67(51,13)14/h21-25,30-41H,26-29H2,1-20H3. The highest BCUT2D eigenvalue weighted by Gasteiger charge is 2.50. The van der Waals surface area contributed by atoms with E-state index in [1.165, 1.54) is 106 Å². The number of hydrogen-bond acceptors (Lipinski definition) is 3. The van der Waals surface area contributed by atoms with Crippen LogP contribution >= 0.6 is 0 Å². The van der Waals surface area contributed by atoms with Crippen LogP contribution in [0.1, 0.15) is 209 Å². The molecule has 2 aliphatic heterocycles. The maximum Gasteiger partial charge on any atom is 0.297 e. The number of anilines is 6. The van der Waals surface area contributed by atoms with Crippen LogP contribution in [0.15, 0.2) is 108 Å². The van der Waals surface area contributed by atoms with Crippen LogP contribution in [0.2, 0.25) is 0 Å². The van der Waals surface area contributed by atoms with E-state index in [1.54, 1.807) is 0 Å². The van der Waals surface area contributed by atoms with Crippen molar-refractivity contribution in [2.45, 2.75) is 207 Å². The first-order valence-electron chi connectivity index (χ1n) is 28.1. The van der Waals surface area contributed by atoms with Gasteiger partial charge in [-0.05, 0) is 190 Å². The van der Waals surface area contributed by atoms with E-state index in [1.807, 2.05) is 0 Å². The minimum Gasteiger partial charge on any atom is -0.468 e. The summed E-state index contributed by atoms with van der Waals surface area (Å²) in [6.07, 6.45) is 4.58. The number of hydrogen-bond donors (Lipinski definition) is 0. The molecule has 6 aromatic carbocycles. The van der Waals surface area contributed by atoms with E-state index < -0.39 is 0 Å². The largest absolute Gasteiger partial charge is 0.468 e. The first-order valence-corrected chi connectivity index (χ1v) is 28.1. The Balaban J connectivity index is 1.36. The second-order valence-corrected chi connectivity index (χ2v) is 30.1.